The normalized spacial score (nSPS) is 16.5. The molecule has 1 atom stereocenters. The van der Waals surface area contributed by atoms with Crippen LogP contribution in [0.25, 0.3) is 0 Å². The molecular weight excluding hydrogens is 324 g/mol. The number of amides is 1. The molecule has 0 bridgehead atoms. The molecule has 1 heterocycles. The number of carbonyl (C=O) groups is 1. The largest absolute Gasteiger partial charge is 0.379 e. The number of hydrogen-bond acceptors (Lipinski definition) is 3. The van der Waals surface area contributed by atoms with Crippen molar-refractivity contribution in [2.45, 2.75) is 6.04 Å². The molecule has 1 aliphatic heterocycles. The van der Waals surface area contributed by atoms with Crippen LogP contribution in [0.3, 0.4) is 0 Å². The number of nitrogens with zero attached hydrogens (tertiary/aromatic N) is 1. The Bertz CT molecular complexity index is 672. The number of halogens is 1. The van der Waals surface area contributed by atoms with Gasteiger partial charge in [0.1, 0.15) is 0 Å². The van der Waals surface area contributed by atoms with Crippen molar-refractivity contribution in [3.8, 4) is 0 Å². The lowest BCUT2D eigenvalue weighted by Crippen LogP contribution is -2.43. The minimum atomic E-state index is -0.105. The summed E-state index contributed by atoms with van der Waals surface area (Å²) in [6.45, 7) is 3.74. The molecule has 0 unspecified atom stereocenters. The van der Waals surface area contributed by atoms with E-state index in [1.165, 1.54) is 5.56 Å². The van der Waals surface area contributed by atoms with Crippen LogP contribution in [0.2, 0.25) is 5.02 Å². The SMILES string of the molecule is O=C(NC[C@H](c1ccccc1)N1CCOCC1)c1cccc(Cl)c1. The molecule has 3 rings (SSSR count). The zero-order valence-corrected chi connectivity index (χ0v) is 14.2. The van der Waals surface area contributed by atoms with E-state index in [-0.39, 0.29) is 11.9 Å². The lowest BCUT2D eigenvalue weighted by molar-refractivity contribution is 0.0162. The molecule has 2 aromatic carbocycles. The number of carbonyl (C=O) groups excluding carboxylic acids is 1. The summed E-state index contributed by atoms with van der Waals surface area (Å²) in [4.78, 5) is 14.8. The van der Waals surface area contributed by atoms with Crippen LogP contribution >= 0.6 is 11.6 Å². The van der Waals surface area contributed by atoms with Crippen molar-refractivity contribution in [3.05, 3.63) is 70.7 Å². The smallest absolute Gasteiger partial charge is 0.251 e. The topological polar surface area (TPSA) is 41.6 Å². The lowest BCUT2D eigenvalue weighted by Gasteiger charge is -2.35. The van der Waals surface area contributed by atoms with E-state index in [0.29, 0.717) is 17.1 Å². The zero-order chi connectivity index (χ0) is 16.8. The van der Waals surface area contributed by atoms with E-state index in [9.17, 15) is 4.79 Å². The second kappa shape index (κ2) is 8.29. The molecule has 1 amide bonds. The number of nitrogens with one attached hydrogen (secondary N) is 1. The third-order valence-corrected chi connectivity index (χ3v) is 4.45. The van der Waals surface area contributed by atoms with Crippen LogP contribution in [0.5, 0.6) is 0 Å². The van der Waals surface area contributed by atoms with Crippen LogP contribution in [0.15, 0.2) is 54.6 Å². The highest BCUT2D eigenvalue weighted by molar-refractivity contribution is 6.30. The first-order chi connectivity index (χ1) is 11.7. The van der Waals surface area contributed by atoms with Gasteiger partial charge in [0, 0.05) is 30.2 Å². The second-order valence-electron chi connectivity index (χ2n) is 5.80. The summed E-state index contributed by atoms with van der Waals surface area (Å²) in [6, 6.07) is 17.4. The van der Waals surface area contributed by atoms with Crippen LogP contribution in [0.4, 0.5) is 0 Å². The van der Waals surface area contributed by atoms with E-state index >= 15 is 0 Å². The van der Waals surface area contributed by atoms with E-state index in [0.717, 1.165) is 26.3 Å². The van der Waals surface area contributed by atoms with Gasteiger partial charge in [-0.05, 0) is 23.8 Å². The number of benzene rings is 2. The maximum atomic E-state index is 12.4. The molecule has 0 aliphatic carbocycles. The van der Waals surface area contributed by atoms with E-state index < -0.39 is 0 Å². The Morgan fingerprint density at radius 2 is 1.88 bits per heavy atom. The van der Waals surface area contributed by atoms with Gasteiger partial charge in [-0.3, -0.25) is 9.69 Å². The summed E-state index contributed by atoms with van der Waals surface area (Å²) >= 11 is 5.97. The van der Waals surface area contributed by atoms with Crippen molar-refractivity contribution in [2.24, 2.45) is 0 Å². The Balaban J connectivity index is 1.71. The van der Waals surface area contributed by atoms with E-state index in [2.05, 4.69) is 22.3 Å². The first-order valence-electron chi connectivity index (χ1n) is 8.14. The van der Waals surface area contributed by atoms with Crippen molar-refractivity contribution in [1.29, 1.82) is 0 Å². The molecule has 0 radical (unpaired) electrons. The maximum Gasteiger partial charge on any atom is 0.251 e. The fourth-order valence-electron chi connectivity index (χ4n) is 2.94. The van der Waals surface area contributed by atoms with Crippen molar-refractivity contribution in [2.75, 3.05) is 32.8 Å². The minimum Gasteiger partial charge on any atom is -0.379 e. The van der Waals surface area contributed by atoms with Gasteiger partial charge in [0.15, 0.2) is 0 Å². The summed E-state index contributed by atoms with van der Waals surface area (Å²) in [5.74, 6) is -0.105. The van der Waals surface area contributed by atoms with Crippen molar-refractivity contribution in [1.82, 2.24) is 10.2 Å². The number of ether oxygens (including phenoxy) is 1. The summed E-state index contributed by atoms with van der Waals surface area (Å²) in [5.41, 5.74) is 1.78. The van der Waals surface area contributed by atoms with E-state index in [1.807, 2.05) is 18.2 Å². The van der Waals surface area contributed by atoms with E-state index in [1.54, 1.807) is 24.3 Å². The fourth-order valence-corrected chi connectivity index (χ4v) is 3.13. The maximum absolute atomic E-state index is 12.4. The molecule has 0 saturated carbocycles. The van der Waals surface area contributed by atoms with Crippen LogP contribution in [-0.4, -0.2) is 43.7 Å². The quantitative estimate of drug-likeness (QED) is 0.906. The van der Waals surface area contributed by atoms with Gasteiger partial charge in [-0.15, -0.1) is 0 Å². The molecule has 2 aromatic rings. The summed E-state index contributed by atoms with van der Waals surface area (Å²) in [6.07, 6.45) is 0. The van der Waals surface area contributed by atoms with Crippen LogP contribution in [0, 0.1) is 0 Å². The molecule has 0 spiro atoms. The molecule has 1 aliphatic rings. The highest BCUT2D eigenvalue weighted by Crippen LogP contribution is 2.21. The first-order valence-corrected chi connectivity index (χ1v) is 8.52. The molecule has 1 saturated heterocycles. The highest BCUT2D eigenvalue weighted by Gasteiger charge is 2.23. The predicted octanol–water partition coefficient (Wildman–Crippen LogP) is 3.14. The Labute approximate surface area is 147 Å². The molecule has 5 heteroatoms. The van der Waals surface area contributed by atoms with Crippen LogP contribution < -0.4 is 5.32 Å². The van der Waals surface area contributed by atoms with Gasteiger partial charge in [0.25, 0.3) is 5.91 Å². The zero-order valence-electron chi connectivity index (χ0n) is 13.5. The Morgan fingerprint density at radius 1 is 1.12 bits per heavy atom. The highest BCUT2D eigenvalue weighted by atomic mass is 35.5. The van der Waals surface area contributed by atoms with Crippen LogP contribution in [-0.2, 0) is 4.74 Å². The Morgan fingerprint density at radius 3 is 2.58 bits per heavy atom. The molecule has 4 nitrogen and oxygen atoms in total. The number of rotatable bonds is 5. The third-order valence-electron chi connectivity index (χ3n) is 4.21. The standard InChI is InChI=1S/C19H21ClN2O2/c20-17-8-4-7-16(13-17)19(23)21-14-18(15-5-2-1-3-6-15)22-9-11-24-12-10-22/h1-8,13,18H,9-12,14H2,(H,21,23)/t18-/m1/s1. The summed E-state index contributed by atoms with van der Waals surface area (Å²) in [7, 11) is 0. The Hall–Kier alpha value is -1.88. The molecule has 0 aromatic heterocycles. The predicted molar refractivity (Wildman–Crippen MR) is 95.4 cm³/mol. The molecule has 1 N–H and O–H groups in total. The fraction of sp³-hybridized carbons (Fsp3) is 0.316. The minimum absolute atomic E-state index is 0.105. The molecular formula is C19H21ClN2O2. The van der Waals surface area contributed by atoms with Gasteiger partial charge >= 0.3 is 0 Å². The first kappa shape index (κ1) is 17.0. The van der Waals surface area contributed by atoms with Gasteiger partial charge in [-0.2, -0.15) is 0 Å². The molecule has 1 fully saturated rings. The lowest BCUT2D eigenvalue weighted by atomic mass is 10.0. The van der Waals surface area contributed by atoms with E-state index in [4.69, 9.17) is 16.3 Å². The Kier molecular flexibility index (Phi) is 5.86. The monoisotopic (exact) mass is 344 g/mol. The third kappa shape index (κ3) is 4.35. The average molecular weight is 345 g/mol. The number of hydrogen-bond donors (Lipinski definition) is 1. The number of morpholine rings is 1. The van der Waals surface area contributed by atoms with Crippen molar-refractivity contribution >= 4 is 17.5 Å². The van der Waals surface area contributed by atoms with Crippen molar-refractivity contribution in [3.63, 3.8) is 0 Å². The van der Waals surface area contributed by atoms with Gasteiger partial charge < -0.3 is 10.1 Å². The summed E-state index contributed by atoms with van der Waals surface area (Å²) in [5, 5.41) is 3.61. The molecule has 24 heavy (non-hydrogen) atoms. The van der Waals surface area contributed by atoms with Crippen molar-refractivity contribution < 1.29 is 9.53 Å². The second-order valence-corrected chi connectivity index (χ2v) is 6.23. The molecule has 126 valence electrons. The van der Waals surface area contributed by atoms with Gasteiger partial charge in [0.2, 0.25) is 0 Å². The van der Waals surface area contributed by atoms with Gasteiger partial charge in [-0.25, -0.2) is 0 Å². The van der Waals surface area contributed by atoms with Gasteiger partial charge in [0.05, 0.1) is 19.3 Å². The van der Waals surface area contributed by atoms with Crippen LogP contribution in [0.1, 0.15) is 22.0 Å². The van der Waals surface area contributed by atoms with Gasteiger partial charge in [-0.1, -0.05) is 48.0 Å². The average Bonchev–Trinajstić information content (AvgIpc) is 2.63. The summed E-state index contributed by atoms with van der Waals surface area (Å²) < 4.78 is 5.45.